The summed E-state index contributed by atoms with van der Waals surface area (Å²) < 4.78 is 5.31. The Bertz CT molecular complexity index is 296. The summed E-state index contributed by atoms with van der Waals surface area (Å²) in [4.78, 5) is 7.93. The number of rotatable bonds is 0. The summed E-state index contributed by atoms with van der Waals surface area (Å²) in [6.45, 7) is 4.43. The standard InChI is InChI=1S/C8H8N2O/c1-6-2-7-8(11-4-6)3-9-5-10-7/h3,5H,1-2,4H2. The van der Waals surface area contributed by atoms with Gasteiger partial charge in [-0.3, -0.25) is 0 Å². The summed E-state index contributed by atoms with van der Waals surface area (Å²) in [5, 5.41) is 0. The van der Waals surface area contributed by atoms with Crippen LogP contribution in [-0.4, -0.2) is 16.6 Å². The van der Waals surface area contributed by atoms with Crippen molar-refractivity contribution in [3.8, 4) is 5.75 Å². The van der Waals surface area contributed by atoms with Gasteiger partial charge in [0.2, 0.25) is 0 Å². The van der Waals surface area contributed by atoms with Crippen molar-refractivity contribution >= 4 is 0 Å². The van der Waals surface area contributed by atoms with Crippen LogP contribution in [0.4, 0.5) is 0 Å². The Morgan fingerprint density at radius 3 is 3.36 bits per heavy atom. The first kappa shape index (κ1) is 6.34. The van der Waals surface area contributed by atoms with Crippen LogP contribution >= 0.6 is 0 Å². The van der Waals surface area contributed by atoms with Crippen LogP contribution in [0.5, 0.6) is 5.75 Å². The minimum Gasteiger partial charge on any atom is -0.486 e. The van der Waals surface area contributed by atoms with Crippen molar-refractivity contribution in [3.63, 3.8) is 0 Å². The Labute approximate surface area is 64.7 Å². The molecule has 0 aliphatic carbocycles. The first-order chi connectivity index (χ1) is 5.36. The summed E-state index contributed by atoms with van der Waals surface area (Å²) in [6, 6.07) is 0. The fourth-order valence-electron chi connectivity index (χ4n) is 1.06. The van der Waals surface area contributed by atoms with E-state index in [0.717, 1.165) is 23.4 Å². The fourth-order valence-corrected chi connectivity index (χ4v) is 1.06. The topological polar surface area (TPSA) is 35.0 Å². The van der Waals surface area contributed by atoms with Crippen molar-refractivity contribution in [1.29, 1.82) is 0 Å². The second kappa shape index (κ2) is 2.34. The largest absolute Gasteiger partial charge is 0.486 e. The molecule has 0 spiro atoms. The van der Waals surface area contributed by atoms with Gasteiger partial charge >= 0.3 is 0 Å². The maximum Gasteiger partial charge on any atom is 0.159 e. The molecule has 0 saturated heterocycles. The second-order valence-corrected chi connectivity index (χ2v) is 2.55. The maximum atomic E-state index is 5.31. The minimum atomic E-state index is 0.598. The molecule has 0 fully saturated rings. The predicted octanol–water partition coefficient (Wildman–Crippen LogP) is 0.968. The number of fused-ring (bicyclic) bond motifs is 1. The molecular formula is C8H8N2O. The van der Waals surface area contributed by atoms with E-state index in [9.17, 15) is 0 Å². The lowest BCUT2D eigenvalue weighted by molar-refractivity contribution is 0.327. The number of nitrogens with zero attached hydrogens (tertiary/aromatic N) is 2. The van der Waals surface area contributed by atoms with E-state index in [2.05, 4.69) is 16.5 Å². The molecule has 56 valence electrons. The molecule has 0 radical (unpaired) electrons. The quantitative estimate of drug-likeness (QED) is 0.514. The maximum absolute atomic E-state index is 5.31. The Morgan fingerprint density at radius 2 is 2.45 bits per heavy atom. The van der Waals surface area contributed by atoms with E-state index in [4.69, 9.17) is 4.74 Å². The zero-order chi connectivity index (χ0) is 7.68. The molecule has 0 unspecified atom stereocenters. The first-order valence-corrected chi connectivity index (χ1v) is 3.44. The summed E-state index contributed by atoms with van der Waals surface area (Å²) >= 11 is 0. The molecule has 1 aliphatic heterocycles. The van der Waals surface area contributed by atoms with Crippen molar-refractivity contribution in [2.24, 2.45) is 0 Å². The van der Waals surface area contributed by atoms with E-state index in [1.54, 1.807) is 6.20 Å². The van der Waals surface area contributed by atoms with Gasteiger partial charge in [0.15, 0.2) is 5.75 Å². The van der Waals surface area contributed by atoms with Crippen LogP contribution in [0, 0.1) is 0 Å². The summed E-state index contributed by atoms with van der Waals surface area (Å²) in [5.74, 6) is 0.792. The van der Waals surface area contributed by atoms with Gasteiger partial charge in [-0.2, -0.15) is 0 Å². The van der Waals surface area contributed by atoms with Crippen LogP contribution in [0.2, 0.25) is 0 Å². The molecule has 3 nitrogen and oxygen atoms in total. The lowest BCUT2D eigenvalue weighted by Gasteiger charge is -2.16. The molecule has 0 N–H and O–H groups in total. The Kier molecular flexibility index (Phi) is 1.35. The van der Waals surface area contributed by atoms with Crippen LogP contribution < -0.4 is 4.74 Å². The Morgan fingerprint density at radius 1 is 1.55 bits per heavy atom. The molecular weight excluding hydrogens is 140 g/mol. The van der Waals surface area contributed by atoms with Gasteiger partial charge in [0.25, 0.3) is 0 Å². The van der Waals surface area contributed by atoms with Gasteiger partial charge in [-0.05, 0) is 5.57 Å². The van der Waals surface area contributed by atoms with Crippen molar-refractivity contribution in [3.05, 3.63) is 30.4 Å². The number of hydrogen-bond donors (Lipinski definition) is 0. The highest BCUT2D eigenvalue weighted by Gasteiger charge is 2.12. The summed E-state index contributed by atoms with van der Waals surface area (Å²) in [7, 11) is 0. The minimum absolute atomic E-state index is 0.598. The van der Waals surface area contributed by atoms with Crippen LogP contribution in [0.15, 0.2) is 24.7 Å². The van der Waals surface area contributed by atoms with Gasteiger partial charge in [-0.25, -0.2) is 9.97 Å². The molecule has 1 aliphatic rings. The third-order valence-electron chi connectivity index (χ3n) is 1.61. The molecule has 0 aromatic carbocycles. The highest BCUT2D eigenvalue weighted by atomic mass is 16.5. The second-order valence-electron chi connectivity index (χ2n) is 2.55. The zero-order valence-corrected chi connectivity index (χ0v) is 6.08. The van der Waals surface area contributed by atoms with E-state index in [1.165, 1.54) is 6.33 Å². The number of aromatic nitrogens is 2. The monoisotopic (exact) mass is 148 g/mol. The number of ether oxygens (including phenoxy) is 1. The molecule has 0 amide bonds. The van der Waals surface area contributed by atoms with Crippen molar-refractivity contribution in [1.82, 2.24) is 9.97 Å². The molecule has 11 heavy (non-hydrogen) atoms. The van der Waals surface area contributed by atoms with Gasteiger partial charge in [0.05, 0.1) is 11.9 Å². The molecule has 0 saturated carbocycles. The average Bonchev–Trinajstić information content (AvgIpc) is 2.04. The van der Waals surface area contributed by atoms with Crippen molar-refractivity contribution in [2.45, 2.75) is 6.42 Å². The van der Waals surface area contributed by atoms with E-state index in [1.807, 2.05) is 0 Å². The van der Waals surface area contributed by atoms with E-state index < -0.39 is 0 Å². The molecule has 2 heterocycles. The average molecular weight is 148 g/mol. The van der Waals surface area contributed by atoms with E-state index >= 15 is 0 Å². The smallest absolute Gasteiger partial charge is 0.159 e. The predicted molar refractivity (Wildman–Crippen MR) is 40.4 cm³/mol. The Hall–Kier alpha value is -1.38. The third-order valence-corrected chi connectivity index (χ3v) is 1.61. The van der Waals surface area contributed by atoms with Gasteiger partial charge < -0.3 is 4.74 Å². The molecule has 1 aromatic rings. The summed E-state index contributed by atoms with van der Waals surface area (Å²) in [6.07, 6.45) is 4.04. The summed E-state index contributed by atoms with van der Waals surface area (Å²) in [5.41, 5.74) is 2.01. The van der Waals surface area contributed by atoms with Crippen LogP contribution in [0.25, 0.3) is 0 Å². The fraction of sp³-hybridized carbons (Fsp3) is 0.250. The molecule has 3 heteroatoms. The van der Waals surface area contributed by atoms with Crippen molar-refractivity contribution < 1.29 is 4.74 Å². The zero-order valence-electron chi connectivity index (χ0n) is 6.08. The van der Waals surface area contributed by atoms with Gasteiger partial charge in [0.1, 0.15) is 12.9 Å². The van der Waals surface area contributed by atoms with Gasteiger partial charge in [-0.15, -0.1) is 0 Å². The first-order valence-electron chi connectivity index (χ1n) is 3.44. The van der Waals surface area contributed by atoms with Crippen LogP contribution in [0.1, 0.15) is 5.69 Å². The molecule has 2 rings (SSSR count). The molecule has 0 bridgehead atoms. The number of hydrogen-bond acceptors (Lipinski definition) is 3. The van der Waals surface area contributed by atoms with Crippen LogP contribution in [-0.2, 0) is 6.42 Å². The highest BCUT2D eigenvalue weighted by molar-refractivity contribution is 5.30. The highest BCUT2D eigenvalue weighted by Crippen LogP contribution is 2.22. The molecule has 1 aromatic heterocycles. The SMILES string of the molecule is C=C1COc2cncnc2C1. The Balaban J connectivity index is 2.41. The lowest BCUT2D eigenvalue weighted by Crippen LogP contribution is -2.12. The van der Waals surface area contributed by atoms with E-state index in [0.29, 0.717) is 6.61 Å². The molecule has 0 atom stereocenters. The van der Waals surface area contributed by atoms with Crippen molar-refractivity contribution in [2.75, 3.05) is 6.61 Å². The normalized spacial score (nSPS) is 15.5. The van der Waals surface area contributed by atoms with E-state index in [-0.39, 0.29) is 0 Å². The van der Waals surface area contributed by atoms with Gasteiger partial charge in [0, 0.05) is 6.42 Å². The van der Waals surface area contributed by atoms with Crippen LogP contribution in [0.3, 0.4) is 0 Å². The third kappa shape index (κ3) is 1.09. The lowest BCUT2D eigenvalue weighted by atomic mass is 10.1. The van der Waals surface area contributed by atoms with Gasteiger partial charge in [-0.1, -0.05) is 6.58 Å².